The number of primary amides is 1. The van der Waals surface area contributed by atoms with Crippen molar-refractivity contribution >= 4 is 17.3 Å². The van der Waals surface area contributed by atoms with E-state index in [2.05, 4.69) is 10.5 Å². The molecule has 5 N–H and O–H groups in total. The number of benzene rings is 1. The summed E-state index contributed by atoms with van der Waals surface area (Å²) in [5, 5.41) is 6.93. The Balaban J connectivity index is 2.14. The molecule has 1 amide bonds. The molecule has 2 rings (SSSR count). The van der Waals surface area contributed by atoms with Crippen molar-refractivity contribution in [2.45, 2.75) is 13.5 Å². The Labute approximate surface area is 104 Å². The first-order valence-electron chi connectivity index (χ1n) is 5.42. The molecule has 2 aromatic rings. The summed E-state index contributed by atoms with van der Waals surface area (Å²) in [5.74, 6) is 0.194. The fourth-order valence-corrected chi connectivity index (χ4v) is 1.62. The van der Waals surface area contributed by atoms with Gasteiger partial charge in [0, 0.05) is 6.07 Å². The topological polar surface area (TPSA) is 107 Å². The largest absolute Gasteiger partial charge is 0.396 e. The number of amides is 1. The Morgan fingerprint density at radius 1 is 1.50 bits per heavy atom. The summed E-state index contributed by atoms with van der Waals surface area (Å²) in [6, 6.07) is 6.89. The van der Waals surface area contributed by atoms with Gasteiger partial charge < -0.3 is 21.3 Å². The van der Waals surface area contributed by atoms with Gasteiger partial charge in [0.05, 0.1) is 23.5 Å². The van der Waals surface area contributed by atoms with Crippen LogP contribution in [0.1, 0.15) is 21.8 Å². The van der Waals surface area contributed by atoms with Crippen molar-refractivity contribution in [3.05, 3.63) is 41.3 Å². The van der Waals surface area contributed by atoms with Gasteiger partial charge in [-0.25, -0.2) is 0 Å². The van der Waals surface area contributed by atoms with Gasteiger partial charge in [0.2, 0.25) is 0 Å². The minimum atomic E-state index is -0.548. The Kier molecular flexibility index (Phi) is 3.18. The molecular formula is C12H14N4O2. The zero-order valence-corrected chi connectivity index (χ0v) is 9.93. The molecule has 0 bridgehead atoms. The quantitative estimate of drug-likeness (QED) is 0.704. The van der Waals surface area contributed by atoms with Gasteiger partial charge in [0.1, 0.15) is 11.5 Å². The normalized spacial score (nSPS) is 10.3. The number of rotatable bonds is 4. The summed E-state index contributed by atoms with van der Waals surface area (Å²) in [5.41, 5.74) is 13.1. The van der Waals surface area contributed by atoms with Crippen molar-refractivity contribution in [2.75, 3.05) is 11.1 Å². The van der Waals surface area contributed by atoms with Crippen molar-refractivity contribution in [1.82, 2.24) is 5.16 Å². The van der Waals surface area contributed by atoms with Gasteiger partial charge >= 0.3 is 0 Å². The van der Waals surface area contributed by atoms with E-state index in [1.54, 1.807) is 18.2 Å². The number of aromatic nitrogens is 1. The maximum Gasteiger partial charge on any atom is 0.250 e. The van der Waals surface area contributed by atoms with Gasteiger partial charge in [-0.2, -0.15) is 0 Å². The number of nitrogen functional groups attached to an aromatic ring is 1. The molecule has 0 fully saturated rings. The highest BCUT2D eigenvalue weighted by atomic mass is 16.5. The molecular weight excluding hydrogens is 232 g/mol. The fraction of sp³-hybridized carbons (Fsp3) is 0.167. The molecule has 0 spiro atoms. The van der Waals surface area contributed by atoms with Crippen LogP contribution in [0, 0.1) is 6.92 Å². The van der Waals surface area contributed by atoms with Crippen LogP contribution in [0.15, 0.2) is 28.8 Å². The molecule has 0 aliphatic carbocycles. The number of aryl methyl sites for hydroxylation is 1. The van der Waals surface area contributed by atoms with Gasteiger partial charge in [-0.1, -0.05) is 11.2 Å². The van der Waals surface area contributed by atoms with Gasteiger partial charge in [0.15, 0.2) is 0 Å². The summed E-state index contributed by atoms with van der Waals surface area (Å²) < 4.78 is 4.95. The van der Waals surface area contributed by atoms with Crippen LogP contribution >= 0.6 is 0 Å². The molecule has 0 aliphatic heterocycles. The summed E-state index contributed by atoms with van der Waals surface area (Å²) in [6.07, 6.45) is 0. The van der Waals surface area contributed by atoms with Gasteiger partial charge in [-0.3, -0.25) is 4.79 Å². The predicted octanol–water partition coefficient (Wildman–Crippen LogP) is 1.28. The van der Waals surface area contributed by atoms with Crippen LogP contribution in [0.5, 0.6) is 0 Å². The van der Waals surface area contributed by atoms with E-state index in [0.717, 1.165) is 11.5 Å². The van der Waals surface area contributed by atoms with Crippen molar-refractivity contribution in [1.29, 1.82) is 0 Å². The second-order valence-electron chi connectivity index (χ2n) is 3.91. The molecule has 6 heteroatoms. The first kappa shape index (κ1) is 12.0. The SMILES string of the molecule is Cc1cc(CNc2cccc(C(N)=O)c2N)no1. The van der Waals surface area contributed by atoms with E-state index in [4.69, 9.17) is 16.0 Å². The van der Waals surface area contributed by atoms with E-state index in [-0.39, 0.29) is 0 Å². The van der Waals surface area contributed by atoms with E-state index in [1.165, 1.54) is 0 Å². The number of hydrogen-bond acceptors (Lipinski definition) is 5. The molecule has 94 valence electrons. The Hall–Kier alpha value is -2.50. The Morgan fingerprint density at radius 2 is 2.28 bits per heavy atom. The van der Waals surface area contributed by atoms with Crippen molar-refractivity contribution in [3.8, 4) is 0 Å². The highest BCUT2D eigenvalue weighted by Crippen LogP contribution is 2.22. The average Bonchev–Trinajstić information content (AvgIpc) is 2.73. The van der Waals surface area contributed by atoms with E-state index in [9.17, 15) is 4.79 Å². The second-order valence-corrected chi connectivity index (χ2v) is 3.91. The first-order valence-corrected chi connectivity index (χ1v) is 5.42. The summed E-state index contributed by atoms with van der Waals surface area (Å²) in [4.78, 5) is 11.1. The molecule has 1 aromatic carbocycles. The maximum atomic E-state index is 11.1. The smallest absolute Gasteiger partial charge is 0.250 e. The monoisotopic (exact) mass is 246 g/mol. The number of nitrogens with zero attached hydrogens (tertiary/aromatic N) is 1. The maximum absolute atomic E-state index is 11.1. The molecule has 0 saturated carbocycles. The molecule has 0 radical (unpaired) electrons. The molecule has 18 heavy (non-hydrogen) atoms. The average molecular weight is 246 g/mol. The van der Waals surface area contributed by atoms with Crippen LogP contribution in [0.4, 0.5) is 11.4 Å². The number of carbonyl (C=O) groups is 1. The number of nitrogens with one attached hydrogen (secondary N) is 1. The number of carbonyl (C=O) groups excluding carboxylic acids is 1. The van der Waals surface area contributed by atoms with Gasteiger partial charge in [0.25, 0.3) is 5.91 Å². The standard InChI is InChI=1S/C12H14N4O2/c1-7-5-8(16-18-7)6-15-10-4-2-3-9(11(10)13)12(14)17/h2-5,15H,6,13H2,1H3,(H2,14,17). The second kappa shape index (κ2) is 4.79. The lowest BCUT2D eigenvalue weighted by molar-refractivity contribution is 0.100. The van der Waals surface area contributed by atoms with E-state index >= 15 is 0 Å². The fourth-order valence-electron chi connectivity index (χ4n) is 1.62. The molecule has 6 nitrogen and oxygen atoms in total. The lowest BCUT2D eigenvalue weighted by Crippen LogP contribution is -2.14. The minimum absolute atomic E-state index is 0.302. The number of nitrogens with two attached hydrogens (primary N) is 2. The molecule has 0 unspecified atom stereocenters. The van der Waals surface area contributed by atoms with Gasteiger partial charge in [-0.15, -0.1) is 0 Å². The summed E-state index contributed by atoms with van der Waals surface area (Å²) >= 11 is 0. The lowest BCUT2D eigenvalue weighted by atomic mass is 10.1. The summed E-state index contributed by atoms with van der Waals surface area (Å²) in [7, 11) is 0. The van der Waals surface area contributed by atoms with E-state index in [1.807, 2.05) is 13.0 Å². The third-order valence-corrected chi connectivity index (χ3v) is 2.51. The van der Waals surface area contributed by atoms with Crippen LogP contribution in [-0.2, 0) is 6.54 Å². The molecule has 0 saturated heterocycles. The molecule has 0 aliphatic rings. The van der Waals surface area contributed by atoms with Crippen LogP contribution in [0.25, 0.3) is 0 Å². The van der Waals surface area contributed by atoms with Crippen LogP contribution < -0.4 is 16.8 Å². The summed E-state index contributed by atoms with van der Waals surface area (Å²) in [6.45, 7) is 2.28. The number of hydrogen-bond donors (Lipinski definition) is 3. The Bertz CT molecular complexity index is 577. The molecule has 1 aromatic heterocycles. The molecule has 0 atom stereocenters. The van der Waals surface area contributed by atoms with E-state index in [0.29, 0.717) is 23.5 Å². The number of para-hydroxylation sites is 1. The first-order chi connectivity index (χ1) is 8.58. The van der Waals surface area contributed by atoms with Crippen LogP contribution in [0.2, 0.25) is 0 Å². The third kappa shape index (κ3) is 2.42. The highest BCUT2D eigenvalue weighted by Gasteiger charge is 2.09. The van der Waals surface area contributed by atoms with Gasteiger partial charge in [-0.05, 0) is 19.1 Å². The van der Waals surface area contributed by atoms with Crippen LogP contribution in [-0.4, -0.2) is 11.1 Å². The third-order valence-electron chi connectivity index (χ3n) is 2.51. The van der Waals surface area contributed by atoms with Crippen molar-refractivity contribution in [3.63, 3.8) is 0 Å². The lowest BCUT2D eigenvalue weighted by Gasteiger charge is -2.10. The van der Waals surface area contributed by atoms with Crippen molar-refractivity contribution < 1.29 is 9.32 Å². The van der Waals surface area contributed by atoms with Crippen LogP contribution in [0.3, 0.4) is 0 Å². The van der Waals surface area contributed by atoms with Crippen molar-refractivity contribution in [2.24, 2.45) is 5.73 Å². The molecule has 1 heterocycles. The predicted molar refractivity (Wildman–Crippen MR) is 67.9 cm³/mol. The number of anilines is 2. The highest BCUT2D eigenvalue weighted by molar-refractivity contribution is 6.00. The Morgan fingerprint density at radius 3 is 2.89 bits per heavy atom. The zero-order valence-electron chi connectivity index (χ0n) is 9.93. The zero-order chi connectivity index (χ0) is 13.1. The minimum Gasteiger partial charge on any atom is -0.396 e. The van der Waals surface area contributed by atoms with E-state index < -0.39 is 5.91 Å².